The standard InChI is InChI=1S/C9H12ClN3O2/c1-15-7-4-13(3-6(7)14)9-2-8(10)11-5-12-9/h2,5-7,14H,3-4H2,1H3/t6-,7+/m0/s1. The molecular formula is C9H12ClN3O2. The number of rotatable bonds is 2. The number of hydrogen-bond donors (Lipinski definition) is 1. The molecule has 1 aliphatic rings. The molecule has 0 saturated carbocycles. The third-order valence-electron chi connectivity index (χ3n) is 2.48. The van der Waals surface area contributed by atoms with E-state index in [4.69, 9.17) is 16.3 Å². The zero-order valence-electron chi connectivity index (χ0n) is 8.30. The molecule has 82 valence electrons. The van der Waals surface area contributed by atoms with Crippen molar-refractivity contribution in [3.63, 3.8) is 0 Å². The first-order valence-electron chi connectivity index (χ1n) is 4.64. The average molecular weight is 230 g/mol. The van der Waals surface area contributed by atoms with Crippen LogP contribution in [0, 0.1) is 0 Å². The van der Waals surface area contributed by atoms with Gasteiger partial charge in [-0.15, -0.1) is 0 Å². The van der Waals surface area contributed by atoms with E-state index < -0.39 is 6.10 Å². The second kappa shape index (κ2) is 4.30. The van der Waals surface area contributed by atoms with Crippen LogP contribution in [0.5, 0.6) is 0 Å². The summed E-state index contributed by atoms with van der Waals surface area (Å²) >= 11 is 5.76. The minimum absolute atomic E-state index is 0.168. The smallest absolute Gasteiger partial charge is 0.134 e. The van der Waals surface area contributed by atoms with Gasteiger partial charge in [-0.2, -0.15) is 0 Å². The molecule has 2 rings (SSSR count). The first-order chi connectivity index (χ1) is 7.20. The zero-order valence-corrected chi connectivity index (χ0v) is 9.05. The molecule has 0 amide bonds. The third-order valence-corrected chi connectivity index (χ3v) is 2.69. The minimum atomic E-state index is -0.483. The molecule has 15 heavy (non-hydrogen) atoms. The van der Waals surface area contributed by atoms with Gasteiger partial charge in [0.25, 0.3) is 0 Å². The van der Waals surface area contributed by atoms with Crippen molar-refractivity contribution < 1.29 is 9.84 Å². The van der Waals surface area contributed by atoms with Crippen LogP contribution < -0.4 is 4.90 Å². The van der Waals surface area contributed by atoms with Gasteiger partial charge in [-0.1, -0.05) is 11.6 Å². The van der Waals surface area contributed by atoms with E-state index in [1.165, 1.54) is 6.33 Å². The van der Waals surface area contributed by atoms with Crippen molar-refractivity contribution in [2.75, 3.05) is 25.1 Å². The molecule has 6 heteroatoms. The van der Waals surface area contributed by atoms with Crippen LogP contribution >= 0.6 is 11.6 Å². The van der Waals surface area contributed by atoms with Gasteiger partial charge in [0.05, 0.1) is 6.10 Å². The van der Waals surface area contributed by atoms with Gasteiger partial charge in [0, 0.05) is 26.3 Å². The summed E-state index contributed by atoms with van der Waals surface area (Å²) in [7, 11) is 1.59. The highest BCUT2D eigenvalue weighted by Crippen LogP contribution is 2.21. The number of methoxy groups -OCH3 is 1. The van der Waals surface area contributed by atoms with E-state index in [0.717, 1.165) is 0 Å². The lowest BCUT2D eigenvalue weighted by molar-refractivity contribution is 0.0217. The fourth-order valence-corrected chi connectivity index (χ4v) is 1.81. The average Bonchev–Trinajstić information content (AvgIpc) is 2.60. The number of hydrogen-bond acceptors (Lipinski definition) is 5. The van der Waals surface area contributed by atoms with Gasteiger partial charge in [-0.05, 0) is 0 Å². The zero-order chi connectivity index (χ0) is 10.8. The van der Waals surface area contributed by atoms with E-state index in [0.29, 0.717) is 24.1 Å². The Morgan fingerprint density at radius 3 is 2.93 bits per heavy atom. The molecule has 1 fully saturated rings. The van der Waals surface area contributed by atoms with E-state index in [-0.39, 0.29) is 6.10 Å². The summed E-state index contributed by atoms with van der Waals surface area (Å²) < 4.78 is 5.14. The summed E-state index contributed by atoms with van der Waals surface area (Å²) in [5, 5.41) is 10.0. The van der Waals surface area contributed by atoms with Gasteiger partial charge in [-0.3, -0.25) is 0 Å². The topological polar surface area (TPSA) is 58.5 Å². The summed E-state index contributed by atoms with van der Waals surface area (Å²) in [6.45, 7) is 1.12. The van der Waals surface area contributed by atoms with Crippen LogP contribution in [0.2, 0.25) is 5.15 Å². The van der Waals surface area contributed by atoms with Crippen LogP contribution in [0.25, 0.3) is 0 Å². The van der Waals surface area contributed by atoms with Crippen molar-refractivity contribution in [3.8, 4) is 0 Å². The Kier molecular flexibility index (Phi) is 3.04. The largest absolute Gasteiger partial charge is 0.388 e. The maximum atomic E-state index is 9.65. The quantitative estimate of drug-likeness (QED) is 0.741. The highest BCUT2D eigenvalue weighted by atomic mass is 35.5. The molecule has 1 aromatic rings. The number of halogens is 1. The van der Waals surface area contributed by atoms with E-state index in [2.05, 4.69) is 9.97 Å². The SMILES string of the molecule is CO[C@@H]1CN(c2cc(Cl)ncn2)C[C@@H]1O. The Balaban J connectivity index is 2.13. The molecule has 1 N–H and O–H groups in total. The lowest BCUT2D eigenvalue weighted by Gasteiger charge is -2.15. The van der Waals surface area contributed by atoms with Crippen LogP contribution in [-0.4, -0.2) is 47.5 Å². The van der Waals surface area contributed by atoms with E-state index in [9.17, 15) is 5.11 Å². The molecule has 1 saturated heterocycles. The normalized spacial score (nSPS) is 25.9. The first kappa shape index (κ1) is 10.6. The second-order valence-corrected chi connectivity index (χ2v) is 3.83. The van der Waals surface area contributed by atoms with Gasteiger partial charge >= 0.3 is 0 Å². The van der Waals surface area contributed by atoms with Gasteiger partial charge in [0.15, 0.2) is 0 Å². The molecule has 0 aliphatic carbocycles. The van der Waals surface area contributed by atoms with Crippen molar-refractivity contribution in [3.05, 3.63) is 17.5 Å². The lowest BCUT2D eigenvalue weighted by atomic mass is 10.3. The molecule has 1 aliphatic heterocycles. The number of aliphatic hydroxyl groups excluding tert-OH is 1. The van der Waals surface area contributed by atoms with Crippen LogP contribution in [0.1, 0.15) is 0 Å². The Morgan fingerprint density at radius 1 is 1.53 bits per heavy atom. The van der Waals surface area contributed by atoms with Crippen LogP contribution in [0.4, 0.5) is 5.82 Å². The van der Waals surface area contributed by atoms with Crippen LogP contribution in [-0.2, 0) is 4.74 Å². The monoisotopic (exact) mass is 229 g/mol. The summed E-state index contributed by atoms with van der Waals surface area (Å²) in [6, 6.07) is 1.67. The van der Waals surface area contributed by atoms with E-state index >= 15 is 0 Å². The summed E-state index contributed by atoms with van der Waals surface area (Å²) in [5.41, 5.74) is 0. The van der Waals surface area contributed by atoms with E-state index in [1.54, 1.807) is 13.2 Å². The van der Waals surface area contributed by atoms with Crippen molar-refractivity contribution in [2.45, 2.75) is 12.2 Å². The summed E-state index contributed by atoms with van der Waals surface area (Å²) in [5.74, 6) is 0.716. The summed E-state index contributed by atoms with van der Waals surface area (Å²) in [4.78, 5) is 9.81. The molecular weight excluding hydrogens is 218 g/mol. The molecule has 2 heterocycles. The predicted molar refractivity (Wildman–Crippen MR) is 56.1 cm³/mol. The molecule has 0 aromatic carbocycles. The Morgan fingerprint density at radius 2 is 2.33 bits per heavy atom. The van der Waals surface area contributed by atoms with Crippen LogP contribution in [0.15, 0.2) is 12.4 Å². The minimum Gasteiger partial charge on any atom is -0.388 e. The molecule has 5 nitrogen and oxygen atoms in total. The van der Waals surface area contributed by atoms with Gasteiger partial charge in [-0.25, -0.2) is 9.97 Å². The van der Waals surface area contributed by atoms with Crippen molar-refractivity contribution >= 4 is 17.4 Å². The molecule has 1 aromatic heterocycles. The maximum Gasteiger partial charge on any atom is 0.134 e. The number of β-amino-alcohol motifs (C(OH)–C–C–N with tert-alkyl or cyclic N) is 1. The number of aliphatic hydroxyl groups is 1. The number of nitrogens with zero attached hydrogens (tertiary/aromatic N) is 3. The number of ether oxygens (including phenoxy) is 1. The van der Waals surface area contributed by atoms with Crippen LogP contribution in [0.3, 0.4) is 0 Å². The second-order valence-electron chi connectivity index (χ2n) is 3.45. The maximum absolute atomic E-state index is 9.65. The van der Waals surface area contributed by atoms with Gasteiger partial charge < -0.3 is 14.7 Å². The predicted octanol–water partition coefficient (Wildman–Crippen LogP) is 0.326. The van der Waals surface area contributed by atoms with E-state index in [1.807, 2.05) is 4.90 Å². The summed E-state index contributed by atoms with van der Waals surface area (Å²) in [6.07, 6.45) is 0.756. The fraction of sp³-hybridized carbons (Fsp3) is 0.556. The third kappa shape index (κ3) is 2.19. The van der Waals surface area contributed by atoms with Crippen molar-refractivity contribution in [1.82, 2.24) is 9.97 Å². The highest BCUT2D eigenvalue weighted by Gasteiger charge is 2.31. The Bertz CT molecular complexity index is 350. The molecule has 2 atom stereocenters. The van der Waals surface area contributed by atoms with Crippen molar-refractivity contribution in [2.24, 2.45) is 0 Å². The molecule has 0 bridgehead atoms. The highest BCUT2D eigenvalue weighted by molar-refractivity contribution is 6.29. The molecule has 0 spiro atoms. The fourth-order valence-electron chi connectivity index (χ4n) is 1.67. The molecule has 0 radical (unpaired) electrons. The first-order valence-corrected chi connectivity index (χ1v) is 5.02. The Hall–Kier alpha value is -0.910. The Labute approximate surface area is 92.7 Å². The van der Waals surface area contributed by atoms with Gasteiger partial charge in [0.1, 0.15) is 23.4 Å². The lowest BCUT2D eigenvalue weighted by Crippen LogP contribution is -2.25. The number of anilines is 1. The van der Waals surface area contributed by atoms with Gasteiger partial charge in [0.2, 0.25) is 0 Å². The van der Waals surface area contributed by atoms with Crippen molar-refractivity contribution in [1.29, 1.82) is 0 Å². The molecule has 0 unspecified atom stereocenters. The number of aromatic nitrogens is 2.